The molecule has 0 atom stereocenters. The molecule has 2 aromatic carbocycles. The zero-order valence-corrected chi connectivity index (χ0v) is 13.5. The molecule has 0 fully saturated rings. The summed E-state index contributed by atoms with van der Waals surface area (Å²) in [6.45, 7) is 0.486. The molecule has 24 heavy (non-hydrogen) atoms. The average molecular weight is 336 g/mol. The summed E-state index contributed by atoms with van der Waals surface area (Å²) in [7, 11) is 0. The number of aromatic amines is 1. The monoisotopic (exact) mass is 335 g/mol. The van der Waals surface area contributed by atoms with Gasteiger partial charge in [-0.15, -0.1) is 0 Å². The standard InChI is InChI=1S/C19H14ClN3O/c20-17-3-1-2-13(8-17)11-23-12-16(6-7-19(23)24)14-4-5-15-10-21-22-18(15)9-14/h1-10,12H,11H2,(H,21,22). The van der Waals surface area contributed by atoms with Crippen molar-refractivity contribution < 1.29 is 0 Å². The van der Waals surface area contributed by atoms with Gasteiger partial charge in [-0.1, -0.05) is 35.9 Å². The molecule has 0 bridgehead atoms. The Morgan fingerprint density at radius 3 is 2.79 bits per heavy atom. The van der Waals surface area contributed by atoms with Gasteiger partial charge in [0.25, 0.3) is 5.56 Å². The Labute approximate surface area is 143 Å². The van der Waals surface area contributed by atoms with Gasteiger partial charge in [-0.2, -0.15) is 5.10 Å². The molecule has 2 aromatic heterocycles. The zero-order chi connectivity index (χ0) is 16.5. The van der Waals surface area contributed by atoms with Crippen molar-refractivity contribution in [1.29, 1.82) is 0 Å². The van der Waals surface area contributed by atoms with Crippen LogP contribution in [0.1, 0.15) is 5.56 Å². The SMILES string of the molecule is O=c1ccc(-c2ccc3cn[nH]c3c2)cn1Cc1cccc(Cl)c1. The van der Waals surface area contributed by atoms with Gasteiger partial charge >= 0.3 is 0 Å². The van der Waals surface area contributed by atoms with Crippen LogP contribution in [0.5, 0.6) is 0 Å². The maximum Gasteiger partial charge on any atom is 0.250 e. The van der Waals surface area contributed by atoms with E-state index in [1.807, 2.05) is 54.7 Å². The van der Waals surface area contributed by atoms with Crippen molar-refractivity contribution in [3.8, 4) is 11.1 Å². The summed E-state index contributed by atoms with van der Waals surface area (Å²) in [5, 5.41) is 8.74. The molecule has 2 heterocycles. The number of benzene rings is 2. The number of hydrogen-bond donors (Lipinski definition) is 1. The van der Waals surface area contributed by atoms with Gasteiger partial charge in [0.15, 0.2) is 0 Å². The van der Waals surface area contributed by atoms with E-state index in [1.54, 1.807) is 16.8 Å². The van der Waals surface area contributed by atoms with Crippen molar-refractivity contribution in [3.63, 3.8) is 0 Å². The summed E-state index contributed by atoms with van der Waals surface area (Å²) in [6, 6.07) is 17.1. The molecule has 118 valence electrons. The molecule has 0 radical (unpaired) electrons. The summed E-state index contributed by atoms with van der Waals surface area (Å²) in [5.74, 6) is 0. The van der Waals surface area contributed by atoms with Gasteiger partial charge in [-0.25, -0.2) is 0 Å². The summed E-state index contributed by atoms with van der Waals surface area (Å²) in [5.41, 5.74) is 3.94. The number of nitrogens with zero attached hydrogens (tertiary/aromatic N) is 2. The van der Waals surface area contributed by atoms with Crippen LogP contribution in [-0.2, 0) is 6.54 Å². The van der Waals surface area contributed by atoms with Gasteiger partial charge in [0.05, 0.1) is 18.3 Å². The van der Waals surface area contributed by atoms with Gasteiger partial charge in [0.2, 0.25) is 0 Å². The van der Waals surface area contributed by atoms with E-state index in [-0.39, 0.29) is 5.56 Å². The van der Waals surface area contributed by atoms with Crippen LogP contribution >= 0.6 is 11.6 Å². The molecular weight excluding hydrogens is 322 g/mol. The lowest BCUT2D eigenvalue weighted by molar-refractivity contribution is 0.761. The molecule has 1 N–H and O–H groups in total. The Balaban J connectivity index is 1.74. The van der Waals surface area contributed by atoms with Crippen molar-refractivity contribution in [3.05, 3.63) is 87.9 Å². The van der Waals surface area contributed by atoms with Crippen LogP contribution in [0, 0.1) is 0 Å². The first-order valence-electron chi connectivity index (χ1n) is 7.57. The summed E-state index contributed by atoms with van der Waals surface area (Å²) >= 11 is 6.03. The summed E-state index contributed by atoms with van der Waals surface area (Å²) < 4.78 is 1.69. The molecule has 0 unspecified atom stereocenters. The Morgan fingerprint density at radius 2 is 1.92 bits per heavy atom. The van der Waals surface area contributed by atoms with E-state index in [0.717, 1.165) is 27.6 Å². The zero-order valence-electron chi connectivity index (χ0n) is 12.7. The van der Waals surface area contributed by atoms with E-state index in [9.17, 15) is 4.79 Å². The maximum absolute atomic E-state index is 12.2. The summed E-state index contributed by atoms with van der Waals surface area (Å²) in [6.07, 6.45) is 3.67. The number of nitrogens with one attached hydrogen (secondary N) is 1. The predicted molar refractivity (Wildman–Crippen MR) is 96.3 cm³/mol. The van der Waals surface area contributed by atoms with Gasteiger partial charge in [0.1, 0.15) is 0 Å². The molecule has 0 saturated carbocycles. The third-order valence-corrected chi connectivity index (χ3v) is 4.24. The fourth-order valence-corrected chi connectivity index (χ4v) is 2.99. The Hall–Kier alpha value is -2.85. The minimum absolute atomic E-state index is 0.0404. The molecule has 0 aliphatic heterocycles. The van der Waals surface area contributed by atoms with E-state index < -0.39 is 0 Å². The molecule has 0 aliphatic carbocycles. The lowest BCUT2D eigenvalue weighted by Crippen LogP contribution is -2.19. The van der Waals surface area contributed by atoms with Crippen molar-refractivity contribution in [2.24, 2.45) is 0 Å². The van der Waals surface area contributed by atoms with Crippen LogP contribution in [-0.4, -0.2) is 14.8 Å². The topological polar surface area (TPSA) is 50.7 Å². The number of H-pyrrole nitrogens is 1. The number of aromatic nitrogens is 3. The second kappa shape index (κ2) is 5.98. The highest BCUT2D eigenvalue weighted by Crippen LogP contribution is 2.22. The van der Waals surface area contributed by atoms with Gasteiger partial charge in [0, 0.05) is 22.7 Å². The second-order valence-electron chi connectivity index (χ2n) is 5.69. The highest BCUT2D eigenvalue weighted by atomic mass is 35.5. The van der Waals surface area contributed by atoms with E-state index in [0.29, 0.717) is 11.6 Å². The van der Waals surface area contributed by atoms with Crippen molar-refractivity contribution in [2.45, 2.75) is 6.54 Å². The smallest absolute Gasteiger partial charge is 0.250 e. The normalized spacial score (nSPS) is 11.0. The Kier molecular flexibility index (Phi) is 3.67. The first-order valence-corrected chi connectivity index (χ1v) is 7.95. The van der Waals surface area contributed by atoms with Crippen LogP contribution < -0.4 is 5.56 Å². The molecule has 5 heteroatoms. The molecule has 4 rings (SSSR count). The first-order chi connectivity index (χ1) is 11.7. The molecule has 4 aromatic rings. The minimum Gasteiger partial charge on any atom is -0.310 e. The molecular formula is C19H14ClN3O. The number of pyridine rings is 1. The van der Waals surface area contributed by atoms with Gasteiger partial charge in [-0.3, -0.25) is 9.89 Å². The second-order valence-corrected chi connectivity index (χ2v) is 6.12. The third-order valence-electron chi connectivity index (χ3n) is 4.00. The minimum atomic E-state index is -0.0404. The molecule has 4 nitrogen and oxygen atoms in total. The van der Waals surface area contributed by atoms with Gasteiger partial charge < -0.3 is 4.57 Å². The van der Waals surface area contributed by atoms with E-state index in [1.165, 1.54) is 0 Å². The Morgan fingerprint density at radius 1 is 1.04 bits per heavy atom. The van der Waals surface area contributed by atoms with Crippen LogP contribution in [0.25, 0.3) is 22.0 Å². The average Bonchev–Trinajstić information content (AvgIpc) is 3.04. The Bertz CT molecular complexity index is 1080. The third kappa shape index (κ3) is 2.84. The van der Waals surface area contributed by atoms with Crippen LogP contribution in [0.15, 0.2) is 71.8 Å². The molecule has 0 saturated heterocycles. The fraction of sp³-hybridized carbons (Fsp3) is 0.0526. The number of halogens is 1. The van der Waals surface area contributed by atoms with E-state index in [2.05, 4.69) is 10.2 Å². The predicted octanol–water partition coefficient (Wildman–Crippen LogP) is 4.09. The quantitative estimate of drug-likeness (QED) is 0.613. The summed E-state index contributed by atoms with van der Waals surface area (Å²) in [4.78, 5) is 12.2. The molecule has 0 aliphatic rings. The molecule has 0 amide bonds. The van der Waals surface area contributed by atoms with Crippen LogP contribution in [0.4, 0.5) is 0 Å². The van der Waals surface area contributed by atoms with Crippen LogP contribution in [0.3, 0.4) is 0 Å². The van der Waals surface area contributed by atoms with Gasteiger partial charge in [-0.05, 0) is 41.0 Å². The van der Waals surface area contributed by atoms with Crippen molar-refractivity contribution in [2.75, 3.05) is 0 Å². The molecule has 0 spiro atoms. The number of hydrogen-bond acceptors (Lipinski definition) is 2. The van der Waals surface area contributed by atoms with E-state index in [4.69, 9.17) is 11.6 Å². The van der Waals surface area contributed by atoms with Crippen LogP contribution in [0.2, 0.25) is 5.02 Å². The largest absolute Gasteiger partial charge is 0.310 e. The lowest BCUT2D eigenvalue weighted by atomic mass is 10.1. The fourth-order valence-electron chi connectivity index (χ4n) is 2.77. The number of rotatable bonds is 3. The van der Waals surface area contributed by atoms with Crippen molar-refractivity contribution in [1.82, 2.24) is 14.8 Å². The number of fused-ring (bicyclic) bond motifs is 1. The lowest BCUT2D eigenvalue weighted by Gasteiger charge is -2.09. The highest BCUT2D eigenvalue weighted by Gasteiger charge is 2.05. The van der Waals surface area contributed by atoms with E-state index >= 15 is 0 Å². The highest BCUT2D eigenvalue weighted by molar-refractivity contribution is 6.30. The first kappa shape index (κ1) is 14.7. The van der Waals surface area contributed by atoms with Crippen molar-refractivity contribution >= 4 is 22.5 Å². The maximum atomic E-state index is 12.2.